The van der Waals surface area contributed by atoms with Crippen LogP contribution < -0.4 is 0 Å². The zero-order valence-electron chi connectivity index (χ0n) is 7.39. The molecule has 1 atom stereocenters. The average molecular weight is 150 g/mol. The Morgan fingerprint density at radius 2 is 1.91 bits per heavy atom. The van der Waals surface area contributed by atoms with Gasteiger partial charge >= 0.3 is 0 Å². The third-order valence-corrected chi connectivity index (χ3v) is 1.64. The summed E-state index contributed by atoms with van der Waals surface area (Å²) < 4.78 is 0. The van der Waals surface area contributed by atoms with Crippen molar-refractivity contribution in [1.82, 2.24) is 0 Å². The van der Waals surface area contributed by atoms with Crippen molar-refractivity contribution in [3.63, 3.8) is 0 Å². The molecule has 0 aliphatic heterocycles. The van der Waals surface area contributed by atoms with Crippen molar-refractivity contribution in [3.8, 4) is 12.1 Å². The van der Waals surface area contributed by atoms with E-state index in [1.807, 2.05) is 20.8 Å². The van der Waals surface area contributed by atoms with E-state index in [0.717, 1.165) is 6.42 Å². The molecule has 0 bridgehead atoms. The largest absolute Gasteiger partial charge is 0.198 e. The highest BCUT2D eigenvalue weighted by atomic mass is 14.3. The van der Waals surface area contributed by atoms with Crippen LogP contribution in [-0.4, -0.2) is 0 Å². The first-order valence-corrected chi connectivity index (χ1v) is 3.78. The Labute approximate surface area is 68.4 Å². The summed E-state index contributed by atoms with van der Waals surface area (Å²) in [5.74, 6) is 0.0540. The molecule has 0 aliphatic rings. The lowest BCUT2D eigenvalue weighted by Gasteiger charge is -2.21. The second kappa shape index (κ2) is 3.98. The van der Waals surface area contributed by atoms with Crippen LogP contribution in [0.15, 0.2) is 0 Å². The summed E-state index contributed by atoms with van der Waals surface area (Å²) in [5, 5.41) is 17.0. The number of nitrogens with zero attached hydrogens (tertiary/aromatic N) is 2. The number of rotatable bonds is 3. The Hall–Kier alpha value is -1.02. The van der Waals surface area contributed by atoms with Gasteiger partial charge in [-0.1, -0.05) is 13.8 Å². The van der Waals surface area contributed by atoms with Gasteiger partial charge in [0, 0.05) is 12.3 Å². The maximum absolute atomic E-state index is 8.53. The summed E-state index contributed by atoms with van der Waals surface area (Å²) in [4.78, 5) is 0. The van der Waals surface area contributed by atoms with Crippen molar-refractivity contribution < 1.29 is 0 Å². The van der Waals surface area contributed by atoms with Crippen LogP contribution in [-0.2, 0) is 0 Å². The van der Waals surface area contributed by atoms with Crippen molar-refractivity contribution in [1.29, 1.82) is 10.5 Å². The van der Waals surface area contributed by atoms with Crippen LogP contribution in [0.5, 0.6) is 0 Å². The minimum absolute atomic E-state index is 0.0100. The maximum Gasteiger partial charge on any atom is 0.0653 e. The highest BCUT2D eigenvalue weighted by Gasteiger charge is 2.20. The van der Waals surface area contributed by atoms with Crippen LogP contribution in [0.4, 0.5) is 0 Å². The van der Waals surface area contributed by atoms with Crippen LogP contribution in [0.3, 0.4) is 0 Å². The second-order valence-electron chi connectivity index (χ2n) is 3.73. The van der Waals surface area contributed by atoms with Gasteiger partial charge in [-0.25, -0.2) is 0 Å². The SMILES string of the molecule is CC(C#N)CC(C)(C)CC#N. The van der Waals surface area contributed by atoms with Crippen molar-refractivity contribution in [2.24, 2.45) is 11.3 Å². The molecule has 0 heterocycles. The monoisotopic (exact) mass is 150 g/mol. The predicted molar refractivity (Wildman–Crippen MR) is 43.4 cm³/mol. The van der Waals surface area contributed by atoms with Crippen molar-refractivity contribution in [2.75, 3.05) is 0 Å². The topological polar surface area (TPSA) is 47.6 Å². The summed E-state index contributed by atoms with van der Waals surface area (Å²) in [7, 11) is 0. The van der Waals surface area contributed by atoms with Gasteiger partial charge in [0.15, 0.2) is 0 Å². The highest BCUT2D eigenvalue weighted by Crippen LogP contribution is 2.28. The summed E-state index contributed by atoms with van der Waals surface area (Å²) in [6.45, 7) is 5.92. The Kier molecular flexibility index (Phi) is 3.61. The molecule has 0 saturated carbocycles. The van der Waals surface area contributed by atoms with Gasteiger partial charge in [-0.3, -0.25) is 0 Å². The van der Waals surface area contributed by atoms with E-state index in [9.17, 15) is 0 Å². The third kappa shape index (κ3) is 4.39. The molecule has 11 heavy (non-hydrogen) atoms. The normalized spacial score (nSPS) is 13.2. The summed E-state index contributed by atoms with van der Waals surface area (Å²) in [6.07, 6.45) is 1.33. The van der Waals surface area contributed by atoms with Crippen LogP contribution >= 0.6 is 0 Å². The molecule has 0 rings (SSSR count). The van der Waals surface area contributed by atoms with Gasteiger partial charge in [0.1, 0.15) is 0 Å². The third-order valence-electron chi connectivity index (χ3n) is 1.64. The molecule has 0 fully saturated rings. The smallest absolute Gasteiger partial charge is 0.0653 e. The van der Waals surface area contributed by atoms with Crippen LogP contribution in [0, 0.1) is 34.0 Å². The van der Waals surface area contributed by atoms with Crippen molar-refractivity contribution in [3.05, 3.63) is 0 Å². The van der Waals surface area contributed by atoms with Crippen molar-refractivity contribution in [2.45, 2.75) is 33.6 Å². The Bertz CT molecular complexity index is 193. The standard InChI is InChI=1S/C9H14N2/c1-8(7-11)6-9(2,3)4-5-10/h8H,4,6H2,1-3H3. The van der Waals surface area contributed by atoms with Gasteiger partial charge < -0.3 is 0 Å². The van der Waals surface area contributed by atoms with Crippen LogP contribution in [0.1, 0.15) is 33.6 Å². The fourth-order valence-corrected chi connectivity index (χ4v) is 1.16. The molecule has 0 aliphatic carbocycles. The van der Waals surface area contributed by atoms with Crippen molar-refractivity contribution >= 4 is 0 Å². The molecule has 2 heteroatoms. The van der Waals surface area contributed by atoms with Gasteiger partial charge in [-0.05, 0) is 18.8 Å². The van der Waals surface area contributed by atoms with E-state index in [2.05, 4.69) is 12.1 Å². The van der Waals surface area contributed by atoms with E-state index in [4.69, 9.17) is 10.5 Å². The Morgan fingerprint density at radius 3 is 2.27 bits per heavy atom. The summed E-state index contributed by atoms with van der Waals surface area (Å²) in [6, 6.07) is 4.30. The molecule has 0 aromatic carbocycles. The van der Waals surface area contributed by atoms with Gasteiger partial charge in [0.2, 0.25) is 0 Å². The number of nitriles is 2. The second-order valence-corrected chi connectivity index (χ2v) is 3.73. The fraction of sp³-hybridized carbons (Fsp3) is 0.778. The lowest BCUT2D eigenvalue weighted by atomic mass is 9.81. The number of hydrogen-bond acceptors (Lipinski definition) is 2. The molecule has 0 N–H and O–H groups in total. The average Bonchev–Trinajstić information content (AvgIpc) is 1.86. The van der Waals surface area contributed by atoms with Gasteiger partial charge in [0.05, 0.1) is 12.1 Å². The number of hydrogen-bond donors (Lipinski definition) is 0. The van der Waals surface area contributed by atoms with E-state index < -0.39 is 0 Å². The van der Waals surface area contributed by atoms with E-state index in [1.165, 1.54) is 0 Å². The zero-order chi connectivity index (χ0) is 8.91. The first-order valence-electron chi connectivity index (χ1n) is 3.78. The lowest BCUT2D eigenvalue weighted by Crippen LogP contribution is -2.13. The van der Waals surface area contributed by atoms with Crippen LogP contribution in [0.25, 0.3) is 0 Å². The van der Waals surface area contributed by atoms with Crippen LogP contribution in [0.2, 0.25) is 0 Å². The molecule has 0 spiro atoms. The molecule has 2 nitrogen and oxygen atoms in total. The Balaban J connectivity index is 3.95. The van der Waals surface area contributed by atoms with E-state index in [0.29, 0.717) is 6.42 Å². The van der Waals surface area contributed by atoms with Gasteiger partial charge in [-0.15, -0.1) is 0 Å². The minimum atomic E-state index is -0.0100. The molecule has 0 amide bonds. The zero-order valence-corrected chi connectivity index (χ0v) is 7.39. The minimum Gasteiger partial charge on any atom is -0.198 e. The molecule has 0 aromatic heterocycles. The highest BCUT2D eigenvalue weighted by molar-refractivity contribution is 4.88. The predicted octanol–water partition coefficient (Wildman–Crippen LogP) is 2.48. The lowest BCUT2D eigenvalue weighted by molar-refractivity contribution is 0.311. The molecule has 0 saturated heterocycles. The molecule has 60 valence electrons. The summed E-state index contributed by atoms with van der Waals surface area (Å²) in [5.41, 5.74) is -0.0100. The van der Waals surface area contributed by atoms with E-state index >= 15 is 0 Å². The van der Waals surface area contributed by atoms with E-state index in [-0.39, 0.29) is 11.3 Å². The van der Waals surface area contributed by atoms with Gasteiger partial charge in [0.25, 0.3) is 0 Å². The summed E-state index contributed by atoms with van der Waals surface area (Å²) >= 11 is 0. The first-order chi connectivity index (χ1) is 5.02. The molecule has 0 radical (unpaired) electrons. The molecular formula is C9H14N2. The van der Waals surface area contributed by atoms with Gasteiger partial charge in [-0.2, -0.15) is 10.5 Å². The van der Waals surface area contributed by atoms with E-state index in [1.54, 1.807) is 0 Å². The first kappa shape index (κ1) is 9.98. The molecule has 0 aromatic rings. The quantitative estimate of drug-likeness (QED) is 0.620. The molecular weight excluding hydrogens is 136 g/mol. The fourth-order valence-electron chi connectivity index (χ4n) is 1.16. The molecule has 1 unspecified atom stereocenters. The Morgan fingerprint density at radius 1 is 1.36 bits per heavy atom. The maximum atomic E-state index is 8.53.